The van der Waals surface area contributed by atoms with Crippen LogP contribution in [0.25, 0.3) is 6.08 Å². The van der Waals surface area contributed by atoms with Crippen LogP contribution in [0.1, 0.15) is 51.8 Å². The number of methoxy groups -OCH3 is 1. The molecule has 0 amide bonds. The lowest BCUT2D eigenvalue weighted by molar-refractivity contribution is -0.139. The van der Waals surface area contributed by atoms with E-state index in [4.69, 9.17) is 14.2 Å². The molecule has 0 radical (unpaired) electrons. The number of nitrogens with zero attached hydrogens (tertiary/aromatic N) is 3. The Kier molecular flexibility index (Phi) is 8.91. The van der Waals surface area contributed by atoms with Crippen molar-refractivity contribution in [2.45, 2.75) is 40.7 Å². The van der Waals surface area contributed by atoms with Crippen molar-refractivity contribution < 1.29 is 19.0 Å². The van der Waals surface area contributed by atoms with Crippen LogP contribution in [0.15, 0.2) is 63.5 Å². The van der Waals surface area contributed by atoms with E-state index in [0.29, 0.717) is 38.7 Å². The van der Waals surface area contributed by atoms with Crippen molar-refractivity contribution in [1.29, 1.82) is 0 Å². The number of fused-ring (bicyclic) bond motifs is 1. The first kappa shape index (κ1) is 28.2. The number of aromatic nitrogens is 1. The van der Waals surface area contributed by atoms with E-state index in [0.717, 1.165) is 29.9 Å². The summed E-state index contributed by atoms with van der Waals surface area (Å²) in [5, 5.41) is 0. The van der Waals surface area contributed by atoms with Gasteiger partial charge < -0.3 is 19.1 Å². The molecule has 39 heavy (non-hydrogen) atoms. The van der Waals surface area contributed by atoms with E-state index in [1.54, 1.807) is 25.5 Å². The van der Waals surface area contributed by atoms with Gasteiger partial charge in [-0.25, -0.2) is 9.79 Å². The normalized spacial score (nSPS) is 15.0. The number of hydrogen-bond acceptors (Lipinski definition) is 8. The van der Waals surface area contributed by atoms with Crippen molar-refractivity contribution in [1.82, 2.24) is 4.57 Å². The number of anilines is 1. The molecule has 2 heterocycles. The first-order valence-corrected chi connectivity index (χ1v) is 14.0. The summed E-state index contributed by atoms with van der Waals surface area (Å²) in [5.41, 5.74) is 3.26. The first-order valence-electron chi connectivity index (χ1n) is 13.2. The Morgan fingerprint density at radius 2 is 1.79 bits per heavy atom. The van der Waals surface area contributed by atoms with Gasteiger partial charge in [-0.2, -0.15) is 0 Å². The molecule has 1 aliphatic rings. The Hall–Kier alpha value is -3.85. The van der Waals surface area contributed by atoms with Crippen molar-refractivity contribution in [3.63, 3.8) is 0 Å². The number of ether oxygens (including phenoxy) is 3. The molecular formula is C30H35N3O5S. The lowest BCUT2D eigenvalue weighted by atomic mass is 9.96. The molecule has 0 fully saturated rings. The minimum Gasteiger partial charge on any atom is -0.496 e. The van der Waals surface area contributed by atoms with E-state index in [-0.39, 0.29) is 12.2 Å². The van der Waals surface area contributed by atoms with Crippen molar-refractivity contribution in [3.8, 4) is 11.5 Å². The zero-order valence-electron chi connectivity index (χ0n) is 23.3. The van der Waals surface area contributed by atoms with E-state index < -0.39 is 12.0 Å². The molecule has 0 spiro atoms. The predicted octanol–water partition coefficient (Wildman–Crippen LogP) is 4.05. The van der Waals surface area contributed by atoms with Crippen LogP contribution in [0.5, 0.6) is 11.5 Å². The van der Waals surface area contributed by atoms with Gasteiger partial charge in [-0.3, -0.25) is 9.36 Å². The molecule has 206 valence electrons. The standard InChI is InChI=1S/C30H35N3O5S/c1-7-32(8-2)22-14-11-21(24(18-22)36-6)17-25-28(34)33-27(20-12-15-23(16-13-20)37-9-3)26(29(35)38-10-4)19(5)31-30(33)39-25/h11-18,27H,7-10H2,1-6H3/b25-17-/t27-/m0/s1. The Labute approximate surface area is 232 Å². The average Bonchev–Trinajstić information content (AvgIpc) is 3.24. The topological polar surface area (TPSA) is 82.4 Å². The van der Waals surface area contributed by atoms with Crippen LogP contribution >= 0.6 is 11.3 Å². The van der Waals surface area contributed by atoms with Gasteiger partial charge in [0.2, 0.25) is 0 Å². The van der Waals surface area contributed by atoms with Crippen LogP contribution in [-0.4, -0.2) is 43.9 Å². The second-order valence-electron chi connectivity index (χ2n) is 8.90. The Bertz CT molecular complexity index is 1550. The number of rotatable bonds is 10. The number of hydrogen-bond donors (Lipinski definition) is 0. The van der Waals surface area contributed by atoms with Crippen molar-refractivity contribution >= 4 is 29.1 Å². The lowest BCUT2D eigenvalue weighted by Crippen LogP contribution is -2.39. The summed E-state index contributed by atoms with van der Waals surface area (Å²) in [7, 11) is 1.63. The van der Waals surface area contributed by atoms with Gasteiger partial charge in [0.15, 0.2) is 4.80 Å². The first-order chi connectivity index (χ1) is 18.9. The minimum atomic E-state index is -0.676. The zero-order valence-corrected chi connectivity index (χ0v) is 24.1. The third kappa shape index (κ3) is 5.63. The lowest BCUT2D eigenvalue weighted by Gasteiger charge is -2.24. The Morgan fingerprint density at radius 1 is 1.08 bits per heavy atom. The van der Waals surface area contributed by atoms with Gasteiger partial charge >= 0.3 is 5.97 Å². The largest absolute Gasteiger partial charge is 0.496 e. The smallest absolute Gasteiger partial charge is 0.338 e. The van der Waals surface area contributed by atoms with E-state index in [2.05, 4.69) is 23.7 Å². The number of carbonyl (C=O) groups is 1. The maximum Gasteiger partial charge on any atom is 0.338 e. The molecule has 8 nitrogen and oxygen atoms in total. The van der Waals surface area contributed by atoms with Gasteiger partial charge in [0.05, 0.1) is 42.2 Å². The maximum atomic E-state index is 13.9. The molecule has 0 saturated heterocycles. The highest BCUT2D eigenvalue weighted by atomic mass is 32.1. The van der Waals surface area contributed by atoms with Crippen LogP contribution in [-0.2, 0) is 9.53 Å². The van der Waals surface area contributed by atoms with Crippen LogP contribution in [0.3, 0.4) is 0 Å². The summed E-state index contributed by atoms with van der Waals surface area (Å²) in [5.74, 6) is 0.907. The summed E-state index contributed by atoms with van der Waals surface area (Å²) < 4.78 is 18.7. The van der Waals surface area contributed by atoms with E-state index >= 15 is 0 Å². The molecular weight excluding hydrogens is 514 g/mol. The number of benzene rings is 2. The quantitative estimate of drug-likeness (QED) is 0.355. The Morgan fingerprint density at radius 3 is 2.41 bits per heavy atom. The fraction of sp³-hybridized carbons (Fsp3) is 0.367. The predicted molar refractivity (Wildman–Crippen MR) is 155 cm³/mol. The average molecular weight is 550 g/mol. The molecule has 0 N–H and O–H groups in total. The molecule has 3 aromatic rings. The van der Waals surface area contributed by atoms with Gasteiger partial charge in [0, 0.05) is 30.4 Å². The second-order valence-corrected chi connectivity index (χ2v) is 9.91. The summed E-state index contributed by atoms with van der Waals surface area (Å²) >= 11 is 1.29. The van der Waals surface area contributed by atoms with Crippen LogP contribution < -0.4 is 29.3 Å². The third-order valence-electron chi connectivity index (χ3n) is 6.66. The molecule has 2 aromatic carbocycles. The molecule has 1 aromatic heterocycles. The Balaban J connectivity index is 1.88. The van der Waals surface area contributed by atoms with Crippen LogP contribution in [0.2, 0.25) is 0 Å². The fourth-order valence-corrected chi connectivity index (χ4v) is 5.80. The molecule has 4 rings (SSSR count). The highest BCUT2D eigenvalue weighted by Crippen LogP contribution is 2.32. The SMILES string of the molecule is CCOC(=O)C1=C(C)N=c2s/c(=C\c3ccc(N(CC)CC)cc3OC)c(=O)n2[C@H]1c1ccc(OCC)cc1. The number of thiazole rings is 1. The molecule has 0 aliphatic carbocycles. The number of esters is 1. The second kappa shape index (κ2) is 12.3. The molecule has 1 atom stereocenters. The van der Waals surface area contributed by atoms with Gasteiger partial charge in [0.1, 0.15) is 11.5 Å². The van der Waals surface area contributed by atoms with Crippen LogP contribution in [0, 0.1) is 0 Å². The van der Waals surface area contributed by atoms with Gasteiger partial charge in [0.25, 0.3) is 5.56 Å². The highest BCUT2D eigenvalue weighted by Gasteiger charge is 2.33. The van der Waals surface area contributed by atoms with E-state index in [1.807, 2.05) is 55.5 Å². The number of allylic oxidation sites excluding steroid dienone is 1. The molecule has 0 saturated carbocycles. The van der Waals surface area contributed by atoms with E-state index in [1.165, 1.54) is 11.3 Å². The fourth-order valence-electron chi connectivity index (χ4n) is 4.77. The van der Waals surface area contributed by atoms with Gasteiger partial charge in [-0.15, -0.1) is 0 Å². The van der Waals surface area contributed by atoms with Gasteiger partial charge in [-0.1, -0.05) is 23.5 Å². The molecule has 1 aliphatic heterocycles. The summed E-state index contributed by atoms with van der Waals surface area (Å²) in [4.78, 5) is 34.4. The highest BCUT2D eigenvalue weighted by molar-refractivity contribution is 7.07. The van der Waals surface area contributed by atoms with Gasteiger partial charge in [-0.05, 0) is 70.5 Å². The zero-order chi connectivity index (χ0) is 28.1. The summed E-state index contributed by atoms with van der Waals surface area (Å²) in [6.45, 7) is 12.2. The van der Waals surface area contributed by atoms with E-state index in [9.17, 15) is 9.59 Å². The summed E-state index contributed by atoms with van der Waals surface area (Å²) in [6.07, 6.45) is 1.83. The minimum absolute atomic E-state index is 0.222. The third-order valence-corrected chi connectivity index (χ3v) is 7.64. The van der Waals surface area contributed by atoms with Crippen molar-refractivity contribution in [3.05, 3.63) is 84.5 Å². The molecule has 9 heteroatoms. The maximum absolute atomic E-state index is 13.9. The molecule has 0 unspecified atom stereocenters. The number of carbonyl (C=O) groups excluding carboxylic acids is 1. The molecule has 0 bridgehead atoms. The summed E-state index contributed by atoms with van der Waals surface area (Å²) in [6, 6.07) is 12.7. The van der Waals surface area contributed by atoms with Crippen molar-refractivity contribution in [2.75, 3.05) is 38.3 Å². The van der Waals surface area contributed by atoms with Crippen molar-refractivity contribution in [2.24, 2.45) is 4.99 Å². The van der Waals surface area contributed by atoms with Crippen LogP contribution in [0.4, 0.5) is 5.69 Å². The monoisotopic (exact) mass is 549 g/mol.